The molecular weight excluding hydrogens is 306 g/mol. The first-order chi connectivity index (χ1) is 9.22. The smallest absolute Gasteiger partial charge is 0.272 e. The molecule has 4 nitrogen and oxygen atoms in total. The molecule has 1 aliphatic heterocycles. The summed E-state index contributed by atoms with van der Waals surface area (Å²) in [7, 11) is 0. The van der Waals surface area contributed by atoms with Gasteiger partial charge < -0.3 is 4.90 Å². The quantitative estimate of drug-likeness (QED) is 0.853. The van der Waals surface area contributed by atoms with Gasteiger partial charge in [0.05, 0.1) is 0 Å². The van der Waals surface area contributed by atoms with Gasteiger partial charge in [0.1, 0.15) is 5.69 Å². The van der Waals surface area contributed by atoms with E-state index < -0.39 is 0 Å². The van der Waals surface area contributed by atoms with E-state index in [1.807, 2.05) is 11.0 Å². The number of piperazine rings is 1. The first-order valence-corrected chi connectivity index (χ1v) is 7.65. The van der Waals surface area contributed by atoms with Crippen LogP contribution in [0.1, 0.15) is 23.3 Å². The average Bonchev–Trinajstić information content (AvgIpc) is 3.24. The molecule has 2 heterocycles. The van der Waals surface area contributed by atoms with Crippen molar-refractivity contribution in [1.82, 2.24) is 14.8 Å². The average molecular weight is 324 g/mol. The van der Waals surface area contributed by atoms with Gasteiger partial charge in [-0.15, -0.1) is 0 Å². The zero-order valence-electron chi connectivity index (χ0n) is 10.9. The van der Waals surface area contributed by atoms with Gasteiger partial charge in [0.25, 0.3) is 5.91 Å². The van der Waals surface area contributed by atoms with E-state index >= 15 is 0 Å². The molecule has 2 fully saturated rings. The lowest BCUT2D eigenvalue weighted by Gasteiger charge is -2.34. The zero-order valence-corrected chi connectivity index (χ0v) is 12.5. The standard InChI is InChI=1S/C14H18BrN3O/c15-12-3-4-13(16-9-12)14(19)18-7-5-17(6-8-18)10-11-1-2-11/h3-4,9,11H,1-2,5-8,10H2. The van der Waals surface area contributed by atoms with Crippen molar-refractivity contribution in [3.8, 4) is 0 Å². The first kappa shape index (κ1) is 13.1. The van der Waals surface area contributed by atoms with Crippen LogP contribution in [0.2, 0.25) is 0 Å². The topological polar surface area (TPSA) is 36.4 Å². The Balaban J connectivity index is 1.55. The predicted molar refractivity (Wildman–Crippen MR) is 77.0 cm³/mol. The minimum absolute atomic E-state index is 0.0542. The molecule has 0 unspecified atom stereocenters. The van der Waals surface area contributed by atoms with Gasteiger partial charge in [-0.3, -0.25) is 9.69 Å². The molecule has 1 saturated heterocycles. The SMILES string of the molecule is O=C(c1ccc(Br)cn1)N1CCN(CC2CC2)CC1. The first-order valence-electron chi connectivity index (χ1n) is 6.85. The van der Waals surface area contributed by atoms with Crippen molar-refractivity contribution in [2.75, 3.05) is 32.7 Å². The van der Waals surface area contributed by atoms with Crippen LogP contribution in [0.3, 0.4) is 0 Å². The highest BCUT2D eigenvalue weighted by Crippen LogP contribution is 2.29. The van der Waals surface area contributed by atoms with Crippen LogP contribution in [-0.2, 0) is 0 Å². The third kappa shape index (κ3) is 3.34. The van der Waals surface area contributed by atoms with Crippen LogP contribution >= 0.6 is 15.9 Å². The van der Waals surface area contributed by atoms with Crippen LogP contribution in [-0.4, -0.2) is 53.4 Å². The van der Waals surface area contributed by atoms with E-state index in [2.05, 4.69) is 25.8 Å². The number of amides is 1. The highest BCUT2D eigenvalue weighted by atomic mass is 79.9. The van der Waals surface area contributed by atoms with E-state index in [1.54, 1.807) is 12.3 Å². The number of hydrogen-bond donors (Lipinski definition) is 0. The molecule has 5 heteroatoms. The van der Waals surface area contributed by atoms with Crippen molar-refractivity contribution in [3.05, 3.63) is 28.5 Å². The van der Waals surface area contributed by atoms with E-state index in [9.17, 15) is 4.79 Å². The van der Waals surface area contributed by atoms with Gasteiger partial charge in [-0.1, -0.05) is 0 Å². The Morgan fingerprint density at radius 1 is 1.26 bits per heavy atom. The third-order valence-electron chi connectivity index (χ3n) is 3.82. The van der Waals surface area contributed by atoms with Crippen LogP contribution < -0.4 is 0 Å². The highest BCUT2D eigenvalue weighted by molar-refractivity contribution is 9.10. The zero-order chi connectivity index (χ0) is 13.2. The van der Waals surface area contributed by atoms with Crippen LogP contribution in [0.25, 0.3) is 0 Å². The van der Waals surface area contributed by atoms with Crippen molar-refractivity contribution in [1.29, 1.82) is 0 Å². The van der Waals surface area contributed by atoms with Gasteiger partial charge in [-0.05, 0) is 46.8 Å². The van der Waals surface area contributed by atoms with Gasteiger partial charge in [-0.2, -0.15) is 0 Å². The summed E-state index contributed by atoms with van der Waals surface area (Å²) in [4.78, 5) is 20.9. The van der Waals surface area contributed by atoms with Gasteiger partial charge in [0.15, 0.2) is 0 Å². The molecule has 1 aromatic heterocycles. The maximum atomic E-state index is 12.3. The molecule has 1 amide bonds. The normalized spacial score (nSPS) is 20.6. The van der Waals surface area contributed by atoms with E-state index in [0.717, 1.165) is 36.6 Å². The molecule has 102 valence electrons. The molecule has 0 radical (unpaired) electrons. The number of hydrogen-bond acceptors (Lipinski definition) is 3. The van der Waals surface area contributed by atoms with Crippen LogP contribution in [0.4, 0.5) is 0 Å². The van der Waals surface area contributed by atoms with Crippen LogP contribution in [0, 0.1) is 5.92 Å². The summed E-state index contributed by atoms with van der Waals surface area (Å²) in [6, 6.07) is 3.65. The van der Waals surface area contributed by atoms with Crippen molar-refractivity contribution in [2.24, 2.45) is 5.92 Å². The molecule has 3 rings (SSSR count). The maximum absolute atomic E-state index is 12.3. The van der Waals surface area contributed by atoms with Crippen molar-refractivity contribution < 1.29 is 4.79 Å². The molecule has 0 N–H and O–H groups in total. The Bertz CT molecular complexity index is 450. The summed E-state index contributed by atoms with van der Waals surface area (Å²) < 4.78 is 0.901. The second-order valence-electron chi connectivity index (χ2n) is 5.40. The van der Waals surface area contributed by atoms with Gasteiger partial charge >= 0.3 is 0 Å². The second kappa shape index (κ2) is 5.59. The summed E-state index contributed by atoms with van der Waals surface area (Å²) in [5.41, 5.74) is 0.541. The summed E-state index contributed by atoms with van der Waals surface area (Å²) in [5.74, 6) is 0.981. The van der Waals surface area contributed by atoms with E-state index in [0.29, 0.717) is 5.69 Å². The van der Waals surface area contributed by atoms with Crippen LogP contribution in [0.15, 0.2) is 22.8 Å². The fourth-order valence-electron chi connectivity index (χ4n) is 2.46. The van der Waals surface area contributed by atoms with Gasteiger partial charge in [-0.25, -0.2) is 4.98 Å². The lowest BCUT2D eigenvalue weighted by atomic mass is 10.2. The summed E-state index contributed by atoms with van der Waals surface area (Å²) >= 11 is 3.33. The number of carbonyl (C=O) groups is 1. The Morgan fingerprint density at radius 3 is 2.58 bits per heavy atom. The number of aromatic nitrogens is 1. The fraction of sp³-hybridized carbons (Fsp3) is 0.571. The Kier molecular flexibility index (Phi) is 3.84. The Morgan fingerprint density at radius 2 is 2.00 bits per heavy atom. The fourth-order valence-corrected chi connectivity index (χ4v) is 2.70. The molecule has 0 spiro atoms. The summed E-state index contributed by atoms with van der Waals surface area (Å²) in [6.45, 7) is 4.86. The Hall–Kier alpha value is -0.940. The third-order valence-corrected chi connectivity index (χ3v) is 4.29. The van der Waals surface area contributed by atoms with Gasteiger partial charge in [0, 0.05) is 43.4 Å². The number of pyridine rings is 1. The second-order valence-corrected chi connectivity index (χ2v) is 6.31. The molecular formula is C14H18BrN3O. The molecule has 0 bridgehead atoms. The minimum Gasteiger partial charge on any atom is -0.335 e. The number of nitrogens with zero attached hydrogens (tertiary/aromatic N) is 3. The molecule has 0 aromatic carbocycles. The van der Waals surface area contributed by atoms with Crippen molar-refractivity contribution in [3.63, 3.8) is 0 Å². The molecule has 19 heavy (non-hydrogen) atoms. The lowest BCUT2D eigenvalue weighted by molar-refractivity contribution is 0.0626. The molecule has 0 atom stereocenters. The highest BCUT2D eigenvalue weighted by Gasteiger charge is 2.28. The lowest BCUT2D eigenvalue weighted by Crippen LogP contribution is -2.49. The number of halogens is 1. The van der Waals surface area contributed by atoms with Gasteiger partial charge in [0.2, 0.25) is 0 Å². The Labute approximate surface area is 121 Å². The largest absolute Gasteiger partial charge is 0.335 e. The summed E-state index contributed by atoms with van der Waals surface area (Å²) in [6.07, 6.45) is 4.46. The van der Waals surface area contributed by atoms with E-state index in [1.165, 1.54) is 19.4 Å². The number of rotatable bonds is 3. The van der Waals surface area contributed by atoms with Crippen molar-refractivity contribution in [2.45, 2.75) is 12.8 Å². The molecule has 1 saturated carbocycles. The summed E-state index contributed by atoms with van der Waals surface area (Å²) in [5, 5.41) is 0. The van der Waals surface area contributed by atoms with Crippen LogP contribution in [0.5, 0.6) is 0 Å². The number of carbonyl (C=O) groups excluding carboxylic acids is 1. The maximum Gasteiger partial charge on any atom is 0.272 e. The van der Waals surface area contributed by atoms with Crippen molar-refractivity contribution >= 4 is 21.8 Å². The monoisotopic (exact) mass is 323 g/mol. The minimum atomic E-state index is 0.0542. The van der Waals surface area contributed by atoms with E-state index in [-0.39, 0.29) is 5.91 Å². The van der Waals surface area contributed by atoms with E-state index in [4.69, 9.17) is 0 Å². The molecule has 1 aliphatic carbocycles. The molecule has 1 aromatic rings. The molecule has 2 aliphatic rings. The predicted octanol–water partition coefficient (Wildman–Crippen LogP) is 2.01.